The smallest absolute Gasteiger partial charge is 0.270 e. The molecule has 0 bridgehead atoms. The molecule has 7 nitrogen and oxygen atoms in total. The molecule has 27 heavy (non-hydrogen) atoms. The molecule has 1 aliphatic heterocycles. The van der Waals surface area contributed by atoms with E-state index in [1.165, 1.54) is 16.4 Å². The van der Waals surface area contributed by atoms with E-state index in [0.717, 1.165) is 22.9 Å². The van der Waals surface area contributed by atoms with Gasteiger partial charge in [0.2, 0.25) is 10.0 Å². The Bertz CT molecular complexity index is 980. The molecule has 3 rings (SSSR count). The molecule has 0 saturated carbocycles. The van der Waals surface area contributed by atoms with Crippen LogP contribution in [0.25, 0.3) is 0 Å². The van der Waals surface area contributed by atoms with Crippen LogP contribution in [-0.4, -0.2) is 43.8 Å². The second-order valence-electron chi connectivity index (χ2n) is 6.89. The summed E-state index contributed by atoms with van der Waals surface area (Å²) < 4.78 is 27.5. The number of piperazine rings is 1. The number of nitro benzene ring substituents is 1. The Balaban J connectivity index is 1.82. The highest BCUT2D eigenvalue weighted by molar-refractivity contribution is 7.89. The van der Waals surface area contributed by atoms with Gasteiger partial charge in [0.15, 0.2) is 0 Å². The SMILES string of the molecule is Cc1ccc(C)c(N2CCN(S(=O)(=O)c3cc([N+](=O)[O-])ccc3C)CC2)c1. The van der Waals surface area contributed by atoms with Crippen molar-refractivity contribution < 1.29 is 13.3 Å². The molecule has 0 aliphatic carbocycles. The van der Waals surface area contributed by atoms with Gasteiger partial charge in [-0.05, 0) is 43.5 Å². The second kappa shape index (κ2) is 7.28. The summed E-state index contributed by atoms with van der Waals surface area (Å²) in [6.45, 7) is 7.59. The lowest BCUT2D eigenvalue weighted by Crippen LogP contribution is -2.49. The van der Waals surface area contributed by atoms with Gasteiger partial charge in [-0.15, -0.1) is 0 Å². The van der Waals surface area contributed by atoms with E-state index in [0.29, 0.717) is 31.7 Å². The standard InChI is InChI=1S/C19H23N3O4S/c1-14-4-5-15(2)18(12-14)20-8-10-21(11-9-20)27(25,26)19-13-17(22(23)24)7-6-16(19)3/h4-7,12-13H,8-11H2,1-3H3. The first kappa shape index (κ1) is 19.3. The Kier molecular flexibility index (Phi) is 5.21. The summed E-state index contributed by atoms with van der Waals surface area (Å²) in [4.78, 5) is 12.6. The van der Waals surface area contributed by atoms with Crippen molar-refractivity contribution in [3.05, 3.63) is 63.2 Å². The number of aryl methyl sites for hydroxylation is 3. The maximum atomic E-state index is 13.0. The fraction of sp³-hybridized carbons (Fsp3) is 0.368. The van der Waals surface area contributed by atoms with E-state index in [1.807, 2.05) is 13.8 Å². The van der Waals surface area contributed by atoms with Crippen molar-refractivity contribution in [2.75, 3.05) is 31.1 Å². The number of rotatable bonds is 4. The summed E-state index contributed by atoms with van der Waals surface area (Å²) in [5.41, 5.74) is 3.74. The Morgan fingerprint density at radius 1 is 0.926 bits per heavy atom. The number of hydrogen-bond donors (Lipinski definition) is 0. The summed E-state index contributed by atoms with van der Waals surface area (Å²) in [6.07, 6.45) is 0. The predicted octanol–water partition coefficient (Wildman–Crippen LogP) is 3.03. The molecule has 2 aromatic carbocycles. The van der Waals surface area contributed by atoms with Crippen LogP contribution >= 0.6 is 0 Å². The number of benzene rings is 2. The molecule has 1 aliphatic rings. The summed E-state index contributed by atoms with van der Waals surface area (Å²) in [5, 5.41) is 11.0. The normalized spacial score (nSPS) is 15.7. The summed E-state index contributed by atoms with van der Waals surface area (Å²) in [6, 6.07) is 10.2. The Labute approximate surface area is 159 Å². The molecule has 8 heteroatoms. The maximum Gasteiger partial charge on any atom is 0.270 e. The first-order valence-corrected chi connectivity index (χ1v) is 10.2. The van der Waals surface area contributed by atoms with E-state index in [2.05, 4.69) is 23.1 Å². The number of hydrogen-bond acceptors (Lipinski definition) is 5. The third-order valence-corrected chi connectivity index (χ3v) is 6.98. The number of anilines is 1. The average molecular weight is 389 g/mol. The molecule has 0 N–H and O–H groups in total. The molecule has 144 valence electrons. The molecule has 1 fully saturated rings. The van der Waals surface area contributed by atoms with Gasteiger partial charge in [0, 0.05) is 44.0 Å². The molecule has 0 amide bonds. The van der Waals surface area contributed by atoms with Gasteiger partial charge in [0.25, 0.3) is 5.69 Å². The number of non-ortho nitro benzene ring substituents is 1. The van der Waals surface area contributed by atoms with Gasteiger partial charge in [-0.25, -0.2) is 8.42 Å². The number of nitrogens with zero attached hydrogens (tertiary/aromatic N) is 3. The van der Waals surface area contributed by atoms with Crippen LogP contribution in [0.1, 0.15) is 16.7 Å². The Hall–Kier alpha value is -2.45. The van der Waals surface area contributed by atoms with Gasteiger partial charge in [-0.2, -0.15) is 4.31 Å². The molecule has 1 heterocycles. The third-order valence-electron chi connectivity index (χ3n) is 4.94. The Morgan fingerprint density at radius 2 is 1.56 bits per heavy atom. The number of nitro groups is 1. The molecule has 0 atom stereocenters. The van der Waals surface area contributed by atoms with Crippen molar-refractivity contribution in [3.8, 4) is 0 Å². The number of sulfonamides is 1. The molecule has 2 aromatic rings. The van der Waals surface area contributed by atoms with E-state index in [-0.39, 0.29) is 10.6 Å². The van der Waals surface area contributed by atoms with Crippen molar-refractivity contribution in [2.45, 2.75) is 25.7 Å². The third kappa shape index (κ3) is 3.81. The van der Waals surface area contributed by atoms with Crippen molar-refractivity contribution in [1.29, 1.82) is 0 Å². The van der Waals surface area contributed by atoms with Gasteiger partial charge >= 0.3 is 0 Å². The van der Waals surface area contributed by atoms with Crippen LogP contribution in [0.3, 0.4) is 0 Å². The van der Waals surface area contributed by atoms with Gasteiger partial charge in [-0.3, -0.25) is 10.1 Å². The van der Waals surface area contributed by atoms with Crippen LogP contribution in [0.2, 0.25) is 0 Å². The summed E-state index contributed by atoms with van der Waals surface area (Å²) in [7, 11) is -3.77. The minimum atomic E-state index is -3.77. The van der Waals surface area contributed by atoms with Crippen molar-refractivity contribution in [3.63, 3.8) is 0 Å². The lowest BCUT2D eigenvalue weighted by atomic mass is 10.1. The van der Waals surface area contributed by atoms with Gasteiger partial charge in [0.05, 0.1) is 9.82 Å². The van der Waals surface area contributed by atoms with E-state index in [1.54, 1.807) is 6.92 Å². The van der Waals surface area contributed by atoms with Crippen LogP contribution < -0.4 is 4.90 Å². The topological polar surface area (TPSA) is 83.8 Å². The predicted molar refractivity (Wildman–Crippen MR) is 105 cm³/mol. The minimum Gasteiger partial charge on any atom is -0.369 e. The fourth-order valence-corrected chi connectivity index (χ4v) is 5.02. The van der Waals surface area contributed by atoms with Crippen LogP contribution in [0.15, 0.2) is 41.3 Å². The lowest BCUT2D eigenvalue weighted by molar-refractivity contribution is -0.385. The van der Waals surface area contributed by atoms with E-state index in [9.17, 15) is 18.5 Å². The molecule has 0 spiro atoms. The van der Waals surface area contributed by atoms with Gasteiger partial charge in [0.1, 0.15) is 0 Å². The van der Waals surface area contributed by atoms with Gasteiger partial charge in [-0.1, -0.05) is 18.2 Å². The zero-order chi connectivity index (χ0) is 19.8. The van der Waals surface area contributed by atoms with E-state index >= 15 is 0 Å². The lowest BCUT2D eigenvalue weighted by Gasteiger charge is -2.36. The van der Waals surface area contributed by atoms with Crippen LogP contribution in [0, 0.1) is 30.9 Å². The minimum absolute atomic E-state index is 0.0110. The highest BCUT2D eigenvalue weighted by Crippen LogP contribution is 2.27. The molecule has 1 saturated heterocycles. The van der Waals surface area contributed by atoms with Crippen LogP contribution in [0.5, 0.6) is 0 Å². The van der Waals surface area contributed by atoms with E-state index < -0.39 is 14.9 Å². The molecule has 0 radical (unpaired) electrons. The van der Waals surface area contributed by atoms with Crippen molar-refractivity contribution in [2.24, 2.45) is 0 Å². The second-order valence-corrected chi connectivity index (χ2v) is 8.79. The van der Waals surface area contributed by atoms with Gasteiger partial charge < -0.3 is 4.90 Å². The highest BCUT2D eigenvalue weighted by Gasteiger charge is 2.31. The van der Waals surface area contributed by atoms with Crippen LogP contribution in [0.4, 0.5) is 11.4 Å². The van der Waals surface area contributed by atoms with Crippen LogP contribution in [-0.2, 0) is 10.0 Å². The zero-order valence-electron chi connectivity index (χ0n) is 15.7. The maximum absolute atomic E-state index is 13.0. The quantitative estimate of drug-likeness (QED) is 0.593. The molecule has 0 unspecified atom stereocenters. The monoisotopic (exact) mass is 389 g/mol. The first-order valence-electron chi connectivity index (χ1n) is 8.77. The summed E-state index contributed by atoms with van der Waals surface area (Å²) in [5.74, 6) is 0. The molecular formula is C19H23N3O4S. The van der Waals surface area contributed by atoms with Crippen molar-refractivity contribution in [1.82, 2.24) is 4.31 Å². The average Bonchev–Trinajstić information content (AvgIpc) is 2.64. The van der Waals surface area contributed by atoms with E-state index in [4.69, 9.17) is 0 Å². The molecule has 0 aromatic heterocycles. The zero-order valence-corrected chi connectivity index (χ0v) is 16.5. The highest BCUT2D eigenvalue weighted by atomic mass is 32.2. The summed E-state index contributed by atoms with van der Waals surface area (Å²) >= 11 is 0. The van der Waals surface area contributed by atoms with Crippen molar-refractivity contribution >= 4 is 21.4 Å². The fourth-order valence-electron chi connectivity index (χ4n) is 3.35. The first-order chi connectivity index (χ1) is 12.7. The largest absolute Gasteiger partial charge is 0.369 e. The Morgan fingerprint density at radius 3 is 2.19 bits per heavy atom. The molecular weight excluding hydrogens is 366 g/mol.